The number of likely N-dealkylation sites (N-methyl/N-ethyl adjacent to an activating group) is 1. The minimum Gasteiger partial charge on any atom is -0.356 e. The normalized spacial score (nSPS) is 20.6. The van der Waals surface area contributed by atoms with Crippen molar-refractivity contribution in [3.05, 3.63) is 47.8 Å². The van der Waals surface area contributed by atoms with Crippen LogP contribution in [0.1, 0.15) is 24.1 Å². The number of hydrogen-bond acceptors (Lipinski definition) is 4. The predicted octanol–water partition coefficient (Wildman–Crippen LogP) is 1.75. The van der Waals surface area contributed by atoms with E-state index in [0.29, 0.717) is 5.69 Å². The fraction of sp³-hybridized carbons (Fsp3) is 0.389. The van der Waals surface area contributed by atoms with E-state index < -0.39 is 12.1 Å². The average Bonchev–Trinajstić information content (AvgIpc) is 3.05. The lowest BCUT2D eigenvalue weighted by molar-refractivity contribution is -0.160. The van der Waals surface area contributed by atoms with Gasteiger partial charge in [-0.15, -0.1) is 0 Å². The van der Waals surface area contributed by atoms with Gasteiger partial charge in [-0.05, 0) is 19.4 Å². The van der Waals surface area contributed by atoms with Gasteiger partial charge in [-0.25, -0.2) is 0 Å². The number of amides is 2. The summed E-state index contributed by atoms with van der Waals surface area (Å²) >= 11 is 0. The van der Waals surface area contributed by atoms with Crippen LogP contribution < -0.4 is 5.32 Å². The molecule has 1 aliphatic rings. The van der Waals surface area contributed by atoms with Gasteiger partial charge in [0.15, 0.2) is 6.10 Å². The standard InChI is InChI=1S/C18H22N4O3/c1-4-22-10-14(9-19-22)20-18(24)17-16(21(3)15(23)11-25-17)13-7-5-12(2)6-8-13/h5-10,16-17H,4,11H2,1-3H3,(H,20,24)/t16-,17+/m0/s1. The molecule has 2 heterocycles. The maximum atomic E-state index is 12.8. The monoisotopic (exact) mass is 342 g/mol. The van der Waals surface area contributed by atoms with Crippen LogP contribution in [0.3, 0.4) is 0 Å². The predicted molar refractivity (Wildman–Crippen MR) is 93.0 cm³/mol. The van der Waals surface area contributed by atoms with E-state index in [1.165, 1.54) is 0 Å². The number of nitrogens with zero attached hydrogens (tertiary/aromatic N) is 3. The lowest BCUT2D eigenvalue weighted by atomic mass is 9.96. The van der Waals surface area contributed by atoms with Crippen LogP contribution in [0.5, 0.6) is 0 Å². The summed E-state index contributed by atoms with van der Waals surface area (Å²) in [5, 5.41) is 6.97. The molecule has 1 aromatic carbocycles. The highest BCUT2D eigenvalue weighted by Crippen LogP contribution is 2.30. The van der Waals surface area contributed by atoms with Gasteiger partial charge < -0.3 is 15.0 Å². The van der Waals surface area contributed by atoms with Gasteiger partial charge >= 0.3 is 0 Å². The zero-order valence-electron chi connectivity index (χ0n) is 14.6. The number of aryl methyl sites for hydroxylation is 2. The van der Waals surface area contributed by atoms with Crippen molar-refractivity contribution in [3.63, 3.8) is 0 Å². The zero-order valence-corrected chi connectivity index (χ0v) is 14.6. The number of ether oxygens (including phenoxy) is 1. The highest BCUT2D eigenvalue weighted by atomic mass is 16.5. The van der Waals surface area contributed by atoms with Crippen molar-refractivity contribution in [1.82, 2.24) is 14.7 Å². The SMILES string of the molecule is CCn1cc(NC(=O)[C@@H]2OCC(=O)N(C)[C@H]2c2ccc(C)cc2)cn1. The third kappa shape index (κ3) is 3.56. The van der Waals surface area contributed by atoms with Gasteiger partial charge in [-0.2, -0.15) is 5.10 Å². The van der Waals surface area contributed by atoms with E-state index in [9.17, 15) is 9.59 Å². The molecule has 1 aliphatic heterocycles. The Morgan fingerprint density at radius 3 is 2.72 bits per heavy atom. The van der Waals surface area contributed by atoms with Crippen LogP contribution >= 0.6 is 0 Å². The molecule has 7 nitrogen and oxygen atoms in total. The van der Waals surface area contributed by atoms with Crippen LogP contribution in [0.4, 0.5) is 5.69 Å². The summed E-state index contributed by atoms with van der Waals surface area (Å²) in [6.45, 7) is 4.58. The molecule has 1 N–H and O–H groups in total. The molecule has 2 aromatic rings. The second kappa shape index (κ2) is 7.06. The number of carbonyl (C=O) groups excluding carboxylic acids is 2. The van der Waals surface area contributed by atoms with E-state index in [-0.39, 0.29) is 18.4 Å². The van der Waals surface area contributed by atoms with Gasteiger partial charge in [0.2, 0.25) is 5.91 Å². The fourth-order valence-electron chi connectivity index (χ4n) is 2.91. The van der Waals surface area contributed by atoms with Crippen LogP contribution in [0, 0.1) is 6.92 Å². The third-order valence-corrected chi connectivity index (χ3v) is 4.39. The number of aromatic nitrogens is 2. The molecule has 0 spiro atoms. The van der Waals surface area contributed by atoms with Crippen molar-refractivity contribution in [2.45, 2.75) is 32.5 Å². The van der Waals surface area contributed by atoms with E-state index in [4.69, 9.17) is 4.74 Å². The topological polar surface area (TPSA) is 76.5 Å². The maximum absolute atomic E-state index is 12.8. The first-order valence-corrected chi connectivity index (χ1v) is 8.26. The summed E-state index contributed by atoms with van der Waals surface area (Å²) in [4.78, 5) is 26.4. The number of nitrogens with one attached hydrogen (secondary N) is 1. The fourth-order valence-corrected chi connectivity index (χ4v) is 2.91. The van der Waals surface area contributed by atoms with E-state index in [1.807, 2.05) is 38.1 Å². The molecule has 1 saturated heterocycles. The summed E-state index contributed by atoms with van der Waals surface area (Å²) < 4.78 is 7.32. The number of morpholine rings is 1. The summed E-state index contributed by atoms with van der Waals surface area (Å²) in [6, 6.07) is 7.30. The minimum atomic E-state index is -0.782. The molecule has 132 valence electrons. The van der Waals surface area contributed by atoms with Gasteiger partial charge in [-0.1, -0.05) is 29.8 Å². The van der Waals surface area contributed by atoms with Crippen LogP contribution in [0.2, 0.25) is 0 Å². The van der Waals surface area contributed by atoms with Gasteiger partial charge in [0.05, 0.1) is 17.9 Å². The van der Waals surface area contributed by atoms with Crippen molar-refractivity contribution in [1.29, 1.82) is 0 Å². The lowest BCUT2D eigenvalue weighted by Crippen LogP contribution is -2.51. The molecule has 2 amide bonds. The Kier molecular flexibility index (Phi) is 4.85. The van der Waals surface area contributed by atoms with E-state index in [1.54, 1.807) is 29.0 Å². The summed E-state index contributed by atoms with van der Waals surface area (Å²) in [5.41, 5.74) is 2.59. The van der Waals surface area contributed by atoms with Crippen molar-refractivity contribution in [2.75, 3.05) is 19.0 Å². The van der Waals surface area contributed by atoms with Crippen molar-refractivity contribution < 1.29 is 14.3 Å². The molecule has 25 heavy (non-hydrogen) atoms. The summed E-state index contributed by atoms with van der Waals surface area (Å²) in [5.74, 6) is -0.436. The second-order valence-corrected chi connectivity index (χ2v) is 6.17. The van der Waals surface area contributed by atoms with Crippen molar-refractivity contribution >= 4 is 17.5 Å². The van der Waals surface area contributed by atoms with Gasteiger partial charge in [0, 0.05) is 19.8 Å². The second-order valence-electron chi connectivity index (χ2n) is 6.17. The third-order valence-electron chi connectivity index (χ3n) is 4.39. The highest BCUT2D eigenvalue weighted by molar-refractivity contribution is 5.96. The van der Waals surface area contributed by atoms with Crippen molar-refractivity contribution in [3.8, 4) is 0 Å². The number of benzene rings is 1. The number of hydrogen-bond donors (Lipinski definition) is 1. The molecule has 0 radical (unpaired) electrons. The molecule has 7 heteroatoms. The Hall–Kier alpha value is -2.67. The Balaban J connectivity index is 1.84. The molecular weight excluding hydrogens is 320 g/mol. The molecule has 0 aliphatic carbocycles. The Morgan fingerprint density at radius 2 is 2.08 bits per heavy atom. The first-order valence-electron chi connectivity index (χ1n) is 8.26. The maximum Gasteiger partial charge on any atom is 0.256 e. The van der Waals surface area contributed by atoms with E-state index in [2.05, 4.69) is 10.4 Å². The first kappa shape index (κ1) is 17.2. The molecule has 0 saturated carbocycles. The number of carbonyl (C=O) groups is 2. The average molecular weight is 342 g/mol. The lowest BCUT2D eigenvalue weighted by Gasteiger charge is -2.38. The van der Waals surface area contributed by atoms with Gasteiger partial charge in [0.1, 0.15) is 6.61 Å². The Morgan fingerprint density at radius 1 is 1.36 bits per heavy atom. The summed E-state index contributed by atoms with van der Waals surface area (Å²) in [6.07, 6.45) is 2.58. The zero-order chi connectivity index (χ0) is 18.0. The van der Waals surface area contributed by atoms with Crippen molar-refractivity contribution in [2.24, 2.45) is 0 Å². The molecular formula is C18H22N4O3. The van der Waals surface area contributed by atoms with Crippen LogP contribution in [0.25, 0.3) is 0 Å². The number of anilines is 1. The number of rotatable bonds is 4. The first-order chi connectivity index (χ1) is 12.0. The largest absolute Gasteiger partial charge is 0.356 e. The Bertz CT molecular complexity index is 769. The van der Waals surface area contributed by atoms with E-state index >= 15 is 0 Å². The molecule has 2 atom stereocenters. The molecule has 0 bridgehead atoms. The van der Waals surface area contributed by atoms with Crippen LogP contribution in [-0.4, -0.2) is 46.3 Å². The quantitative estimate of drug-likeness (QED) is 0.918. The molecule has 0 unspecified atom stereocenters. The smallest absolute Gasteiger partial charge is 0.256 e. The molecule has 3 rings (SSSR count). The summed E-state index contributed by atoms with van der Waals surface area (Å²) in [7, 11) is 1.70. The minimum absolute atomic E-state index is 0.106. The molecule has 1 aromatic heterocycles. The molecule has 1 fully saturated rings. The van der Waals surface area contributed by atoms with Crippen LogP contribution in [-0.2, 0) is 20.9 Å². The van der Waals surface area contributed by atoms with Gasteiger partial charge in [-0.3, -0.25) is 14.3 Å². The highest BCUT2D eigenvalue weighted by Gasteiger charge is 2.40. The van der Waals surface area contributed by atoms with Crippen LogP contribution in [0.15, 0.2) is 36.7 Å². The van der Waals surface area contributed by atoms with Gasteiger partial charge in [0.25, 0.3) is 5.91 Å². The van der Waals surface area contributed by atoms with E-state index in [0.717, 1.165) is 17.7 Å². The Labute approximate surface area is 146 Å².